The molecule has 0 unspecified atom stereocenters. The average Bonchev–Trinajstić information content (AvgIpc) is 2.62. The summed E-state index contributed by atoms with van der Waals surface area (Å²) in [4.78, 5) is 16.4. The lowest BCUT2D eigenvalue weighted by Gasteiger charge is -2.34. The van der Waals surface area contributed by atoms with Gasteiger partial charge in [-0.1, -0.05) is 30.3 Å². The van der Waals surface area contributed by atoms with Crippen molar-refractivity contribution in [1.29, 1.82) is 5.26 Å². The summed E-state index contributed by atoms with van der Waals surface area (Å²) in [5.41, 5.74) is 1.50. The topological polar surface area (TPSA) is 47.3 Å². The third-order valence-electron chi connectivity index (χ3n) is 4.24. The van der Waals surface area contributed by atoms with Crippen LogP contribution in [-0.4, -0.2) is 41.9 Å². The van der Waals surface area contributed by atoms with E-state index in [1.165, 1.54) is 17.7 Å². The zero-order chi connectivity index (χ0) is 16.9. The van der Waals surface area contributed by atoms with Gasteiger partial charge in [0.25, 0.3) is 5.91 Å². The first-order chi connectivity index (χ1) is 11.7. The Morgan fingerprint density at radius 2 is 1.79 bits per heavy atom. The van der Waals surface area contributed by atoms with Gasteiger partial charge >= 0.3 is 0 Å². The number of hydrogen-bond donors (Lipinski definition) is 0. The molecule has 1 aliphatic heterocycles. The van der Waals surface area contributed by atoms with Crippen LogP contribution in [0.3, 0.4) is 0 Å². The molecule has 4 nitrogen and oxygen atoms in total. The number of carbonyl (C=O) groups excluding carboxylic acids is 1. The van der Waals surface area contributed by atoms with E-state index in [9.17, 15) is 9.18 Å². The monoisotopic (exact) mass is 323 g/mol. The highest BCUT2D eigenvalue weighted by molar-refractivity contribution is 5.94. The molecule has 0 saturated carbocycles. The molecule has 0 spiro atoms. The molecule has 1 fully saturated rings. The molecule has 1 saturated heterocycles. The van der Waals surface area contributed by atoms with Gasteiger partial charge in [0.1, 0.15) is 5.82 Å². The molecule has 122 valence electrons. The van der Waals surface area contributed by atoms with Gasteiger partial charge in [0.05, 0.1) is 17.2 Å². The van der Waals surface area contributed by atoms with Crippen LogP contribution in [0.15, 0.2) is 48.5 Å². The van der Waals surface area contributed by atoms with Crippen LogP contribution >= 0.6 is 0 Å². The summed E-state index contributed by atoms with van der Waals surface area (Å²) < 4.78 is 14.0. The van der Waals surface area contributed by atoms with E-state index in [1.54, 1.807) is 4.90 Å². The zero-order valence-electron chi connectivity index (χ0n) is 13.3. The number of piperazine rings is 1. The second kappa shape index (κ2) is 7.24. The van der Waals surface area contributed by atoms with Gasteiger partial charge in [0.15, 0.2) is 0 Å². The molecular formula is C19H18FN3O. The summed E-state index contributed by atoms with van der Waals surface area (Å²) in [6.45, 7) is 3.53. The van der Waals surface area contributed by atoms with Gasteiger partial charge in [-0.05, 0) is 23.8 Å². The summed E-state index contributed by atoms with van der Waals surface area (Å²) in [5.74, 6) is -0.942. The Kier molecular flexibility index (Phi) is 4.88. The van der Waals surface area contributed by atoms with Gasteiger partial charge in [0, 0.05) is 32.7 Å². The van der Waals surface area contributed by atoms with Gasteiger partial charge in [-0.15, -0.1) is 0 Å². The van der Waals surface area contributed by atoms with Crippen LogP contribution < -0.4 is 0 Å². The van der Waals surface area contributed by atoms with Crippen molar-refractivity contribution in [1.82, 2.24) is 9.80 Å². The first-order valence-corrected chi connectivity index (χ1v) is 7.92. The minimum Gasteiger partial charge on any atom is -0.336 e. The summed E-state index contributed by atoms with van der Waals surface area (Å²) in [7, 11) is 0. The van der Waals surface area contributed by atoms with Crippen LogP contribution in [0.5, 0.6) is 0 Å². The SMILES string of the molecule is N#Cc1ccc(C(=O)N2CCN(Cc3ccccc3)CC2)c(F)c1. The Labute approximate surface area is 140 Å². The van der Waals surface area contributed by atoms with E-state index in [0.29, 0.717) is 13.1 Å². The third kappa shape index (κ3) is 3.61. The zero-order valence-corrected chi connectivity index (χ0v) is 13.3. The summed E-state index contributed by atoms with van der Waals surface area (Å²) in [6.07, 6.45) is 0. The number of halogens is 1. The number of benzene rings is 2. The molecule has 2 aromatic rings. The molecule has 24 heavy (non-hydrogen) atoms. The molecule has 0 bridgehead atoms. The van der Waals surface area contributed by atoms with Gasteiger partial charge in [0.2, 0.25) is 0 Å². The lowest BCUT2D eigenvalue weighted by Crippen LogP contribution is -2.48. The predicted molar refractivity (Wildman–Crippen MR) is 88.7 cm³/mol. The van der Waals surface area contributed by atoms with E-state index in [0.717, 1.165) is 25.7 Å². The second-order valence-corrected chi connectivity index (χ2v) is 5.86. The summed E-state index contributed by atoms with van der Waals surface area (Å²) in [6, 6.07) is 16.0. The van der Waals surface area contributed by atoms with Crippen molar-refractivity contribution in [2.24, 2.45) is 0 Å². The van der Waals surface area contributed by atoms with Crippen molar-refractivity contribution in [2.75, 3.05) is 26.2 Å². The van der Waals surface area contributed by atoms with Crippen molar-refractivity contribution in [3.05, 3.63) is 71.0 Å². The molecule has 1 amide bonds. The van der Waals surface area contributed by atoms with Gasteiger partial charge in [-0.25, -0.2) is 4.39 Å². The predicted octanol–water partition coefficient (Wildman–Crippen LogP) is 2.66. The van der Waals surface area contributed by atoms with Gasteiger partial charge < -0.3 is 4.90 Å². The number of carbonyl (C=O) groups is 1. The van der Waals surface area contributed by atoms with E-state index >= 15 is 0 Å². The third-order valence-corrected chi connectivity index (χ3v) is 4.24. The highest BCUT2D eigenvalue weighted by Gasteiger charge is 2.24. The van der Waals surface area contributed by atoms with Crippen LogP contribution in [0.2, 0.25) is 0 Å². The lowest BCUT2D eigenvalue weighted by molar-refractivity contribution is 0.0624. The van der Waals surface area contributed by atoms with Crippen LogP contribution in [-0.2, 0) is 6.54 Å². The van der Waals surface area contributed by atoms with Gasteiger partial charge in [-0.2, -0.15) is 5.26 Å². The highest BCUT2D eigenvalue weighted by atomic mass is 19.1. The van der Waals surface area contributed by atoms with E-state index in [2.05, 4.69) is 17.0 Å². The fourth-order valence-corrected chi connectivity index (χ4v) is 2.88. The normalized spacial score (nSPS) is 15.1. The molecule has 0 N–H and O–H groups in total. The molecule has 0 aliphatic carbocycles. The Morgan fingerprint density at radius 3 is 2.42 bits per heavy atom. The van der Waals surface area contributed by atoms with Crippen LogP contribution in [0.4, 0.5) is 4.39 Å². The Hall–Kier alpha value is -2.71. The van der Waals surface area contributed by atoms with E-state index in [1.807, 2.05) is 24.3 Å². The van der Waals surface area contributed by atoms with Crippen molar-refractivity contribution in [3.8, 4) is 6.07 Å². The smallest absolute Gasteiger partial charge is 0.256 e. The number of hydrogen-bond acceptors (Lipinski definition) is 3. The highest BCUT2D eigenvalue weighted by Crippen LogP contribution is 2.15. The molecule has 0 radical (unpaired) electrons. The lowest BCUT2D eigenvalue weighted by atomic mass is 10.1. The van der Waals surface area contributed by atoms with Crippen molar-refractivity contribution >= 4 is 5.91 Å². The number of amides is 1. The van der Waals surface area contributed by atoms with Crippen molar-refractivity contribution in [2.45, 2.75) is 6.54 Å². The molecule has 5 heteroatoms. The number of nitriles is 1. The van der Waals surface area contributed by atoms with Crippen molar-refractivity contribution in [3.63, 3.8) is 0 Å². The largest absolute Gasteiger partial charge is 0.336 e. The quantitative estimate of drug-likeness (QED) is 0.872. The average molecular weight is 323 g/mol. The minimum atomic E-state index is -0.634. The first kappa shape index (κ1) is 16.2. The molecule has 0 aromatic heterocycles. The maximum atomic E-state index is 14.0. The first-order valence-electron chi connectivity index (χ1n) is 7.92. The molecule has 1 aliphatic rings. The number of nitrogens with zero attached hydrogens (tertiary/aromatic N) is 3. The maximum Gasteiger partial charge on any atom is 0.256 e. The van der Waals surface area contributed by atoms with Crippen molar-refractivity contribution < 1.29 is 9.18 Å². The molecule has 2 aromatic carbocycles. The Balaban J connectivity index is 1.60. The van der Waals surface area contributed by atoms with Crippen LogP contribution in [0.1, 0.15) is 21.5 Å². The second-order valence-electron chi connectivity index (χ2n) is 5.86. The molecule has 0 atom stereocenters. The number of rotatable bonds is 3. The van der Waals surface area contributed by atoms with E-state index in [-0.39, 0.29) is 17.0 Å². The van der Waals surface area contributed by atoms with E-state index < -0.39 is 5.82 Å². The summed E-state index contributed by atoms with van der Waals surface area (Å²) >= 11 is 0. The Morgan fingerprint density at radius 1 is 1.08 bits per heavy atom. The Bertz CT molecular complexity index is 762. The van der Waals surface area contributed by atoms with Crippen LogP contribution in [0, 0.1) is 17.1 Å². The molecular weight excluding hydrogens is 305 g/mol. The standard InChI is InChI=1S/C19H18FN3O/c20-18-12-16(13-21)6-7-17(18)19(24)23-10-8-22(9-11-23)14-15-4-2-1-3-5-15/h1-7,12H,8-11,14H2. The fourth-order valence-electron chi connectivity index (χ4n) is 2.88. The van der Waals surface area contributed by atoms with Crippen LogP contribution in [0.25, 0.3) is 0 Å². The summed E-state index contributed by atoms with van der Waals surface area (Å²) in [5, 5.41) is 8.77. The van der Waals surface area contributed by atoms with Gasteiger partial charge in [-0.3, -0.25) is 9.69 Å². The van der Waals surface area contributed by atoms with E-state index in [4.69, 9.17) is 5.26 Å². The minimum absolute atomic E-state index is 0.0329. The fraction of sp³-hybridized carbons (Fsp3) is 0.263. The molecule has 1 heterocycles. The molecule has 3 rings (SSSR count). The maximum absolute atomic E-state index is 14.0.